The van der Waals surface area contributed by atoms with Gasteiger partial charge in [0.15, 0.2) is 0 Å². The highest BCUT2D eigenvalue weighted by Gasteiger charge is 2.11. The number of benzene rings is 1. The van der Waals surface area contributed by atoms with Crippen LogP contribution in [0.5, 0.6) is 0 Å². The van der Waals surface area contributed by atoms with E-state index in [1.165, 1.54) is 17.7 Å². The maximum Gasteiger partial charge on any atom is 0.123 e. The molecule has 2 nitrogen and oxygen atoms in total. The van der Waals surface area contributed by atoms with Crippen molar-refractivity contribution in [2.75, 3.05) is 20.3 Å². The molecule has 1 atom stereocenters. The first-order valence-corrected chi connectivity index (χ1v) is 6.61. The van der Waals surface area contributed by atoms with Crippen molar-refractivity contribution in [3.8, 4) is 0 Å². The SMILES string of the molecule is COCCCC(CNC(C)C)c1ccc(F)cc1. The van der Waals surface area contributed by atoms with E-state index in [1.807, 2.05) is 12.1 Å². The summed E-state index contributed by atoms with van der Waals surface area (Å²) in [5.41, 5.74) is 1.20. The van der Waals surface area contributed by atoms with E-state index in [1.54, 1.807) is 7.11 Å². The number of rotatable bonds is 8. The second kappa shape index (κ2) is 8.22. The van der Waals surface area contributed by atoms with E-state index in [9.17, 15) is 4.39 Å². The average Bonchev–Trinajstić information content (AvgIpc) is 2.34. The van der Waals surface area contributed by atoms with Crippen LogP contribution in [0, 0.1) is 5.82 Å². The van der Waals surface area contributed by atoms with Crippen LogP contribution in [0.3, 0.4) is 0 Å². The van der Waals surface area contributed by atoms with Crippen LogP contribution >= 0.6 is 0 Å². The molecule has 1 aromatic carbocycles. The summed E-state index contributed by atoms with van der Waals surface area (Å²) < 4.78 is 18.0. The second-order valence-electron chi connectivity index (χ2n) is 4.95. The summed E-state index contributed by atoms with van der Waals surface area (Å²) in [6.07, 6.45) is 2.08. The molecular formula is C15H24FNO. The van der Waals surface area contributed by atoms with Gasteiger partial charge in [-0.2, -0.15) is 0 Å². The summed E-state index contributed by atoms with van der Waals surface area (Å²) in [4.78, 5) is 0. The van der Waals surface area contributed by atoms with Crippen molar-refractivity contribution in [1.29, 1.82) is 0 Å². The lowest BCUT2D eigenvalue weighted by Crippen LogP contribution is -2.28. The molecule has 0 spiro atoms. The van der Waals surface area contributed by atoms with Crippen molar-refractivity contribution in [2.45, 2.75) is 38.6 Å². The fraction of sp³-hybridized carbons (Fsp3) is 0.600. The summed E-state index contributed by atoms with van der Waals surface area (Å²) in [7, 11) is 1.72. The molecule has 0 amide bonds. The first-order valence-electron chi connectivity index (χ1n) is 6.61. The highest BCUT2D eigenvalue weighted by atomic mass is 19.1. The van der Waals surface area contributed by atoms with Crippen LogP contribution in [-0.2, 0) is 4.74 Å². The molecule has 102 valence electrons. The van der Waals surface area contributed by atoms with Crippen molar-refractivity contribution in [2.24, 2.45) is 0 Å². The maximum atomic E-state index is 12.9. The van der Waals surface area contributed by atoms with Gasteiger partial charge in [0.25, 0.3) is 0 Å². The zero-order chi connectivity index (χ0) is 13.4. The van der Waals surface area contributed by atoms with E-state index < -0.39 is 0 Å². The maximum absolute atomic E-state index is 12.9. The van der Waals surface area contributed by atoms with Crippen LogP contribution in [0.15, 0.2) is 24.3 Å². The van der Waals surface area contributed by atoms with Crippen LogP contribution in [0.1, 0.15) is 38.2 Å². The van der Waals surface area contributed by atoms with Gasteiger partial charge in [-0.15, -0.1) is 0 Å². The van der Waals surface area contributed by atoms with Crippen molar-refractivity contribution in [3.05, 3.63) is 35.6 Å². The minimum Gasteiger partial charge on any atom is -0.385 e. The minimum atomic E-state index is -0.175. The lowest BCUT2D eigenvalue weighted by Gasteiger charge is -2.19. The Balaban J connectivity index is 2.60. The molecule has 18 heavy (non-hydrogen) atoms. The fourth-order valence-corrected chi connectivity index (χ4v) is 1.97. The third-order valence-electron chi connectivity index (χ3n) is 3.01. The van der Waals surface area contributed by atoms with Gasteiger partial charge >= 0.3 is 0 Å². The summed E-state index contributed by atoms with van der Waals surface area (Å²) in [5, 5.41) is 3.45. The first kappa shape index (κ1) is 15.1. The van der Waals surface area contributed by atoms with Crippen molar-refractivity contribution >= 4 is 0 Å². The average molecular weight is 253 g/mol. The number of halogens is 1. The molecule has 0 saturated carbocycles. The molecule has 0 saturated heterocycles. The largest absolute Gasteiger partial charge is 0.385 e. The molecule has 0 aliphatic heterocycles. The highest BCUT2D eigenvalue weighted by molar-refractivity contribution is 5.20. The lowest BCUT2D eigenvalue weighted by atomic mass is 9.94. The van der Waals surface area contributed by atoms with Crippen LogP contribution in [0.4, 0.5) is 4.39 Å². The third kappa shape index (κ3) is 5.61. The summed E-state index contributed by atoms with van der Waals surface area (Å²) in [6, 6.07) is 7.31. The highest BCUT2D eigenvalue weighted by Crippen LogP contribution is 2.21. The quantitative estimate of drug-likeness (QED) is 0.717. The predicted molar refractivity (Wildman–Crippen MR) is 73.4 cm³/mol. The molecule has 1 rings (SSSR count). The molecule has 3 heteroatoms. The Morgan fingerprint density at radius 3 is 2.44 bits per heavy atom. The molecule has 1 unspecified atom stereocenters. The van der Waals surface area contributed by atoms with Gasteiger partial charge in [-0.1, -0.05) is 26.0 Å². The van der Waals surface area contributed by atoms with Gasteiger partial charge in [-0.3, -0.25) is 0 Å². The monoisotopic (exact) mass is 253 g/mol. The molecule has 0 aliphatic carbocycles. The van der Waals surface area contributed by atoms with Crippen molar-refractivity contribution in [1.82, 2.24) is 5.32 Å². The summed E-state index contributed by atoms with van der Waals surface area (Å²) in [5.74, 6) is 0.245. The number of nitrogens with one attached hydrogen (secondary N) is 1. The standard InChI is InChI=1S/C15H24FNO/c1-12(2)17-11-14(5-4-10-18-3)13-6-8-15(16)9-7-13/h6-9,12,14,17H,4-5,10-11H2,1-3H3. The van der Waals surface area contributed by atoms with Crippen LogP contribution in [0.25, 0.3) is 0 Å². The Morgan fingerprint density at radius 2 is 1.89 bits per heavy atom. The van der Waals surface area contributed by atoms with Crippen LogP contribution < -0.4 is 5.32 Å². The normalized spacial score (nSPS) is 12.9. The zero-order valence-corrected chi connectivity index (χ0v) is 11.6. The molecule has 1 N–H and O–H groups in total. The van der Waals surface area contributed by atoms with E-state index >= 15 is 0 Å². The van der Waals surface area contributed by atoms with E-state index in [0.717, 1.165) is 26.0 Å². The van der Waals surface area contributed by atoms with Gasteiger partial charge in [-0.25, -0.2) is 4.39 Å². The Kier molecular flexibility index (Phi) is 6.91. The van der Waals surface area contributed by atoms with Gasteiger partial charge in [-0.05, 0) is 36.5 Å². The lowest BCUT2D eigenvalue weighted by molar-refractivity contribution is 0.190. The number of ether oxygens (including phenoxy) is 1. The molecule has 0 aliphatic rings. The topological polar surface area (TPSA) is 21.3 Å². The summed E-state index contributed by atoms with van der Waals surface area (Å²) >= 11 is 0. The Hall–Kier alpha value is -0.930. The van der Waals surface area contributed by atoms with E-state index in [0.29, 0.717) is 12.0 Å². The molecule has 0 aromatic heterocycles. The molecule has 0 fully saturated rings. The van der Waals surface area contributed by atoms with Gasteiger partial charge in [0, 0.05) is 26.3 Å². The van der Waals surface area contributed by atoms with Crippen LogP contribution in [-0.4, -0.2) is 26.3 Å². The van der Waals surface area contributed by atoms with E-state index in [2.05, 4.69) is 19.2 Å². The number of hydrogen-bond acceptors (Lipinski definition) is 2. The predicted octanol–water partition coefficient (Wildman–Crippen LogP) is 3.33. The zero-order valence-electron chi connectivity index (χ0n) is 11.6. The van der Waals surface area contributed by atoms with Gasteiger partial charge < -0.3 is 10.1 Å². The number of methoxy groups -OCH3 is 1. The number of hydrogen-bond donors (Lipinski definition) is 1. The minimum absolute atomic E-state index is 0.175. The molecular weight excluding hydrogens is 229 g/mol. The van der Waals surface area contributed by atoms with E-state index in [4.69, 9.17) is 4.74 Å². The molecule has 0 bridgehead atoms. The molecule has 1 aromatic rings. The second-order valence-corrected chi connectivity index (χ2v) is 4.95. The smallest absolute Gasteiger partial charge is 0.123 e. The third-order valence-corrected chi connectivity index (χ3v) is 3.01. The Bertz CT molecular complexity index is 324. The van der Waals surface area contributed by atoms with Gasteiger partial charge in [0.2, 0.25) is 0 Å². The molecule has 0 radical (unpaired) electrons. The van der Waals surface area contributed by atoms with Gasteiger partial charge in [0.1, 0.15) is 5.82 Å². The van der Waals surface area contributed by atoms with Crippen LogP contribution in [0.2, 0.25) is 0 Å². The van der Waals surface area contributed by atoms with Gasteiger partial charge in [0.05, 0.1) is 0 Å². The van der Waals surface area contributed by atoms with Crippen molar-refractivity contribution in [3.63, 3.8) is 0 Å². The Labute approximate surface area is 110 Å². The summed E-state index contributed by atoms with van der Waals surface area (Å²) in [6.45, 7) is 5.97. The van der Waals surface area contributed by atoms with E-state index in [-0.39, 0.29) is 5.82 Å². The molecule has 0 heterocycles. The first-order chi connectivity index (χ1) is 8.63. The Morgan fingerprint density at radius 1 is 1.22 bits per heavy atom. The van der Waals surface area contributed by atoms with Crippen molar-refractivity contribution < 1.29 is 9.13 Å². The fourth-order valence-electron chi connectivity index (χ4n) is 1.97.